The summed E-state index contributed by atoms with van der Waals surface area (Å²) >= 11 is 5.80. The van der Waals surface area contributed by atoms with Crippen molar-refractivity contribution in [3.63, 3.8) is 0 Å². The molecule has 2 heteroatoms. The number of likely N-dealkylation sites (N-methyl/N-ethyl adjacent to an activating group) is 1. The van der Waals surface area contributed by atoms with Gasteiger partial charge in [-0.15, -0.1) is 0 Å². The average molecular weight is 158 g/mol. The van der Waals surface area contributed by atoms with Gasteiger partial charge in [-0.3, -0.25) is 0 Å². The monoisotopic (exact) mass is 157 g/mol. The lowest BCUT2D eigenvalue weighted by Crippen LogP contribution is -2.11. The summed E-state index contributed by atoms with van der Waals surface area (Å²) in [6.07, 6.45) is 6.34. The molecule has 0 atom stereocenters. The van der Waals surface area contributed by atoms with E-state index in [-0.39, 0.29) is 0 Å². The standard InChI is InChI=1S/C8H12ClN/c1-10-6-7-3-2-4-8(9)5-7/h4-5,10H,2-3,6H2,1H3. The summed E-state index contributed by atoms with van der Waals surface area (Å²) in [5, 5.41) is 3.99. The van der Waals surface area contributed by atoms with Crippen LogP contribution in [0.5, 0.6) is 0 Å². The van der Waals surface area contributed by atoms with Crippen LogP contribution in [0, 0.1) is 0 Å². The predicted octanol–water partition coefficient (Wildman–Crippen LogP) is 2.05. The number of nitrogens with one attached hydrogen (secondary N) is 1. The molecule has 0 aromatic rings. The largest absolute Gasteiger partial charge is 0.316 e. The fraction of sp³-hybridized carbons (Fsp3) is 0.500. The second-order valence-electron chi connectivity index (χ2n) is 2.46. The van der Waals surface area contributed by atoms with Crippen molar-refractivity contribution in [2.24, 2.45) is 0 Å². The Kier molecular flexibility index (Phi) is 2.97. The average Bonchev–Trinajstić information content (AvgIpc) is 1.88. The van der Waals surface area contributed by atoms with Crippen LogP contribution in [0.2, 0.25) is 0 Å². The van der Waals surface area contributed by atoms with E-state index in [1.54, 1.807) is 0 Å². The summed E-state index contributed by atoms with van der Waals surface area (Å²) in [7, 11) is 1.95. The van der Waals surface area contributed by atoms with Crippen molar-refractivity contribution in [1.82, 2.24) is 5.32 Å². The van der Waals surface area contributed by atoms with Crippen LogP contribution >= 0.6 is 11.6 Å². The molecule has 56 valence electrons. The first-order valence-corrected chi connectivity index (χ1v) is 3.90. The van der Waals surface area contributed by atoms with Crippen molar-refractivity contribution in [2.75, 3.05) is 13.6 Å². The number of hydrogen-bond acceptors (Lipinski definition) is 1. The quantitative estimate of drug-likeness (QED) is 0.647. The highest BCUT2D eigenvalue weighted by Crippen LogP contribution is 2.18. The van der Waals surface area contributed by atoms with Gasteiger partial charge in [0.1, 0.15) is 0 Å². The van der Waals surface area contributed by atoms with Crippen molar-refractivity contribution >= 4 is 11.6 Å². The van der Waals surface area contributed by atoms with Gasteiger partial charge >= 0.3 is 0 Å². The number of hydrogen-bond donors (Lipinski definition) is 1. The third kappa shape index (κ3) is 2.16. The molecule has 1 aliphatic carbocycles. The van der Waals surface area contributed by atoms with E-state index in [9.17, 15) is 0 Å². The zero-order chi connectivity index (χ0) is 7.40. The molecule has 0 fully saturated rings. The summed E-state index contributed by atoms with van der Waals surface area (Å²) in [4.78, 5) is 0. The Labute approximate surface area is 66.8 Å². The third-order valence-electron chi connectivity index (χ3n) is 1.55. The molecule has 0 unspecified atom stereocenters. The van der Waals surface area contributed by atoms with Gasteiger partial charge in [-0.05, 0) is 26.0 Å². The summed E-state index contributed by atoms with van der Waals surface area (Å²) in [6, 6.07) is 0. The highest BCUT2D eigenvalue weighted by atomic mass is 35.5. The highest BCUT2D eigenvalue weighted by molar-refractivity contribution is 6.31. The molecule has 1 N–H and O–H groups in total. The third-order valence-corrected chi connectivity index (χ3v) is 1.81. The molecule has 0 saturated carbocycles. The molecule has 1 nitrogen and oxygen atoms in total. The Morgan fingerprint density at radius 1 is 1.70 bits per heavy atom. The second-order valence-corrected chi connectivity index (χ2v) is 2.90. The first-order chi connectivity index (χ1) is 4.83. The van der Waals surface area contributed by atoms with Gasteiger partial charge in [-0.1, -0.05) is 23.3 Å². The molecule has 0 radical (unpaired) electrons. The molecule has 1 aliphatic rings. The lowest BCUT2D eigenvalue weighted by Gasteiger charge is -2.09. The molecule has 0 heterocycles. The van der Waals surface area contributed by atoms with Gasteiger partial charge in [0, 0.05) is 11.6 Å². The van der Waals surface area contributed by atoms with E-state index in [4.69, 9.17) is 11.6 Å². The molecule has 0 aromatic carbocycles. The van der Waals surface area contributed by atoms with Crippen molar-refractivity contribution in [3.05, 3.63) is 22.8 Å². The minimum Gasteiger partial charge on any atom is -0.316 e. The van der Waals surface area contributed by atoms with Crippen molar-refractivity contribution in [2.45, 2.75) is 12.8 Å². The number of rotatable bonds is 2. The maximum absolute atomic E-state index is 5.80. The molecule has 0 bridgehead atoms. The molecular weight excluding hydrogens is 146 g/mol. The Balaban J connectivity index is 2.51. The molecule has 0 saturated heterocycles. The van der Waals surface area contributed by atoms with E-state index >= 15 is 0 Å². The Morgan fingerprint density at radius 3 is 3.10 bits per heavy atom. The first kappa shape index (κ1) is 7.83. The van der Waals surface area contributed by atoms with E-state index in [0.717, 1.165) is 24.4 Å². The topological polar surface area (TPSA) is 12.0 Å². The van der Waals surface area contributed by atoms with Gasteiger partial charge < -0.3 is 5.32 Å². The Hall–Kier alpha value is -0.270. The van der Waals surface area contributed by atoms with Crippen LogP contribution in [-0.4, -0.2) is 13.6 Å². The molecular formula is C8H12ClN. The van der Waals surface area contributed by atoms with Crippen molar-refractivity contribution in [1.29, 1.82) is 0 Å². The van der Waals surface area contributed by atoms with Crippen molar-refractivity contribution < 1.29 is 0 Å². The number of halogens is 1. The maximum atomic E-state index is 5.80. The fourth-order valence-corrected chi connectivity index (χ4v) is 1.35. The van der Waals surface area contributed by atoms with Crippen molar-refractivity contribution in [3.8, 4) is 0 Å². The normalized spacial score (nSPS) is 18.2. The van der Waals surface area contributed by atoms with Gasteiger partial charge in [0.2, 0.25) is 0 Å². The molecule has 0 amide bonds. The minimum atomic E-state index is 0.886. The van der Waals surface area contributed by atoms with Gasteiger partial charge in [0.25, 0.3) is 0 Å². The zero-order valence-electron chi connectivity index (χ0n) is 6.15. The first-order valence-electron chi connectivity index (χ1n) is 3.52. The van der Waals surface area contributed by atoms with E-state index < -0.39 is 0 Å². The van der Waals surface area contributed by atoms with Crippen LogP contribution in [0.25, 0.3) is 0 Å². The second kappa shape index (κ2) is 3.79. The van der Waals surface area contributed by atoms with E-state index in [1.165, 1.54) is 5.57 Å². The van der Waals surface area contributed by atoms with Crippen LogP contribution in [0.1, 0.15) is 12.8 Å². The van der Waals surface area contributed by atoms with Gasteiger partial charge in [0.05, 0.1) is 0 Å². The predicted molar refractivity (Wildman–Crippen MR) is 45.2 cm³/mol. The minimum absolute atomic E-state index is 0.886. The van der Waals surface area contributed by atoms with Crippen LogP contribution in [0.15, 0.2) is 22.8 Å². The van der Waals surface area contributed by atoms with Crippen LogP contribution < -0.4 is 5.32 Å². The van der Waals surface area contributed by atoms with Crippen LogP contribution in [0.3, 0.4) is 0 Å². The lowest BCUT2D eigenvalue weighted by molar-refractivity contribution is 0.814. The van der Waals surface area contributed by atoms with E-state index in [0.29, 0.717) is 0 Å². The Morgan fingerprint density at radius 2 is 2.50 bits per heavy atom. The number of allylic oxidation sites excluding steroid dienone is 3. The summed E-state index contributed by atoms with van der Waals surface area (Å²) in [5.41, 5.74) is 1.40. The molecule has 0 aromatic heterocycles. The SMILES string of the molecule is CNCC1=CC(Cl)=CCC1. The molecule has 1 rings (SSSR count). The maximum Gasteiger partial charge on any atom is 0.0366 e. The molecule has 0 aliphatic heterocycles. The van der Waals surface area contributed by atoms with E-state index in [1.807, 2.05) is 13.1 Å². The fourth-order valence-electron chi connectivity index (χ4n) is 1.09. The van der Waals surface area contributed by atoms with Crippen LogP contribution in [0.4, 0.5) is 0 Å². The highest BCUT2D eigenvalue weighted by Gasteiger charge is 2.01. The van der Waals surface area contributed by atoms with E-state index in [2.05, 4.69) is 11.4 Å². The molecule has 0 spiro atoms. The van der Waals surface area contributed by atoms with Crippen LogP contribution in [-0.2, 0) is 0 Å². The van der Waals surface area contributed by atoms with Gasteiger partial charge in [0.15, 0.2) is 0 Å². The Bertz CT molecular complexity index is 170. The van der Waals surface area contributed by atoms with Gasteiger partial charge in [-0.2, -0.15) is 0 Å². The molecule has 10 heavy (non-hydrogen) atoms. The zero-order valence-corrected chi connectivity index (χ0v) is 6.91. The van der Waals surface area contributed by atoms with Gasteiger partial charge in [-0.25, -0.2) is 0 Å². The summed E-state index contributed by atoms with van der Waals surface area (Å²) in [6.45, 7) is 0.962. The summed E-state index contributed by atoms with van der Waals surface area (Å²) in [5.74, 6) is 0. The lowest BCUT2D eigenvalue weighted by atomic mass is 10.1. The smallest absolute Gasteiger partial charge is 0.0366 e. The summed E-state index contributed by atoms with van der Waals surface area (Å²) < 4.78 is 0.